The predicted octanol–water partition coefficient (Wildman–Crippen LogP) is 3.53. The van der Waals surface area contributed by atoms with E-state index in [2.05, 4.69) is 5.32 Å². The third kappa shape index (κ3) is 3.11. The SMILES string of the molecule is Cc1oc(NC(=O)c2ccc(N3CCCC3)c([N+](=O)[O-])c2)c(C#N)c1C. The molecule has 1 saturated heterocycles. The molecule has 0 spiro atoms. The summed E-state index contributed by atoms with van der Waals surface area (Å²) in [4.78, 5) is 25.4. The highest BCUT2D eigenvalue weighted by atomic mass is 16.6. The molecule has 0 atom stereocenters. The highest BCUT2D eigenvalue weighted by molar-refractivity contribution is 6.05. The van der Waals surface area contributed by atoms with Crippen molar-refractivity contribution in [2.75, 3.05) is 23.3 Å². The van der Waals surface area contributed by atoms with E-state index < -0.39 is 10.8 Å². The average molecular weight is 354 g/mol. The lowest BCUT2D eigenvalue weighted by Crippen LogP contribution is -2.20. The van der Waals surface area contributed by atoms with Crippen LogP contribution in [0.3, 0.4) is 0 Å². The van der Waals surface area contributed by atoms with Gasteiger partial charge in [-0.1, -0.05) is 0 Å². The molecule has 1 aromatic heterocycles. The number of carbonyl (C=O) groups excluding carboxylic acids is 1. The highest BCUT2D eigenvalue weighted by Crippen LogP contribution is 2.32. The Hall–Kier alpha value is -3.34. The predicted molar refractivity (Wildman–Crippen MR) is 95.4 cm³/mol. The Bertz CT molecular complexity index is 920. The van der Waals surface area contributed by atoms with E-state index >= 15 is 0 Å². The zero-order valence-corrected chi connectivity index (χ0v) is 14.5. The van der Waals surface area contributed by atoms with Crippen LogP contribution in [-0.4, -0.2) is 23.9 Å². The number of nitriles is 1. The molecule has 0 bridgehead atoms. The molecule has 8 nitrogen and oxygen atoms in total. The summed E-state index contributed by atoms with van der Waals surface area (Å²) >= 11 is 0. The number of aryl methyl sites for hydroxylation is 1. The number of hydrogen-bond donors (Lipinski definition) is 1. The average Bonchev–Trinajstić information content (AvgIpc) is 3.23. The fourth-order valence-corrected chi connectivity index (χ4v) is 3.06. The Morgan fingerprint density at radius 2 is 2.04 bits per heavy atom. The molecular formula is C18H18N4O4. The van der Waals surface area contributed by atoms with Crippen molar-refractivity contribution in [3.8, 4) is 6.07 Å². The van der Waals surface area contributed by atoms with Crippen molar-refractivity contribution in [3.05, 3.63) is 50.8 Å². The molecule has 1 fully saturated rings. The number of hydrogen-bond acceptors (Lipinski definition) is 6. The summed E-state index contributed by atoms with van der Waals surface area (Å²) in [5.41, 5.74) is 1.45. The molecule has 8 heteroatoms. The summed E-state index contributed by atoms with van der Waals surface area (Å²) in [7, 11) is 0. The topological polar surface area (TPSA) is 112 Å². The number of nitrogens with one attached hydrogen (secondary N) is 1. The van der Waals surface area contributed by atoms with Gasteiger partial charge in [-0.05, 0) is 38.8 Å². The van der Waals surface area contributed by atoms with Crippen LogP contribution in [0.2, 0.25) is 0 Å². The number of nitro groups is 1. The second-order valence-electron chi connectivity index (χ2n) is 6.21. The van der Waals surface area contributed by atoms with Gasteiger partial charge in [-0.15, -0.1) is 0 Å². The van der Waals surface area contributed by atoms with E-state index in [4.69, 9.17) is 4.42 Å². The van der Waals surface area contributed by atoms with Gasteiger partial charge < -0.3 is 9.32 Å². The lowest BCUT2D eigenvalue weighted by molar-refractivity contribution is -0.384. The Morgan fingerprint density at radius 3 is 2.65 bits per heavy atom. The summed E-state index contributed by atoms with van der Waals surface area (Å²) in [5.74, 6) is 0.0253. The van der Waals surface area contributed by atoms with E-state index in [0.29, 0.717) is 17.0 Å². The van der Waals surface area contributed by atoms with Crippen LogP contribution in [0, 0.1) is 35.3 Å². The van der Waals surface area contributed by atoms with E-state index in [0.717, 1.165) is 25.9 Å². The molecule has 1 aromatic carbocycles. The van der Waals surface area contributed by atoms with Crippen LogP contribution in [0.25, 0.3) is 0 Å². The van der Waals surface area contributed by atoms with Crippen molar-refractivity contribution < 1.29 is 14.1 Å². The summed E-state index contributed by atoms with van der Waals surface area (Å²) < 4.78 is 5.41. The number of furan rings is 1. The molecule has 2 aromatic rings. The third-order valence-electron chi connectivity index (χ3n) is 4.61. The fourth-order valence-electron chi connectivity index (χ4n) is 3.06. The first-order valence-electron chi connectivity index (χ1n) is 8.27. The first kappa shape index (κ1) is 17.5. The van der Waals surface area contributed by atoms with Crippen LogP contribution in [0.4, 0.5) is 17.3 Å². The minimum absolute atomic E-state index is 0.0544. The minimum atomic E-state index is -0.564. The summed E-state index contributed by atoms with van der Waals surface area (Å²) in [5, 5.41) is 23.2. The molecule has 1 aliphatic rings. The molecule has 26 heavy (non-hydrogen) atoms. The van der Waals surface area contributed by atoms with Crippen LogP contribution >= 0.6 is 0 Å². The van der Waals surface area contributed by atoms with Gasteiger partial charge in [0, 0.05) is 30.3 Å². The Labute approximate surface area is 150 Å². The number of anilines is 2. The Morgan fingerprint density at radius 1 is 1.35 bits per heavy atom. The van der Waals surface area contributed by atoms with Crippen LogP contribution < -0.4 is 10.2 Å². The summed E-state index contributed by atoms with van der Waals surface area (Å²) in [6.07, 6.45) is 1.99. The number of nitro benzene ring substituents is 1. The number of amides is 1. The number of benzene rings is 1. The summed E-state index contributed by atoms with van der Waals surface area (Å²) in [6, 6.07) is 6.40. The van der Waals surface area contributed by atoms with E-state index in [9.17, 15) is 20.2 Å². The largest absolute Gasteiger partial charge is 0.444 e. The number of nitrogens with zero attached hydrogens (tertiary/aromatic N) is 3. The van der Waals surface area contributed by atoms with Crippen molar-refractivity contribution in [2.24, 2.45) is 0 Å². The highest BCUT2D eigenvalue weighted by Gasteiger charge is 2.25. The first-order valence-corrected chi connectivity index (χ1v) is 8.27. The van der Waals surface area contributed by atoms with Gasteiger partial charge in [0.2, 0.25) is 5.88 Å². The van der Waals surface area contributed by atoms with Crippen molar-refractivity contribution in [3.63, 3.8) is 0 Å². The molecule has 1 N–H and O–H groups in total. The van der Waals surface area contributed by atoms with E-state index in [1.165, 1.54) is 6.07 Å². The Kier molecular flexibility index (Phi) is 4.63. The first-order chi connectivity index (χ1) is 12.4. The lowest BCUT2D eigenvalue weighted by Gasteiger charge is -2.17. The van der Waals surface area contributed by atoms with E-state index in [-0.39, 0.29) is 22.7 Å². The molecule has 0 radical (unpaired) electrons. The van der Waals surface area contributed by atoms with E-state index in [1.807, 2.05) is 11.0 Å². The van der Waals surface area contributed by atoms with Crippen LogP contribution in [-0.2, 0) is 0 Å². The fraction of sp³-hybridized carbons (Fsp3) is 0.333. The van der Waals surface area contributed by atoms with Crippen molar-refractivity contribution in [1.82, 2.24) is 0 Å². The third-order valence-corrected chi connectivity index (χ3v) is 4.61. The maximum atomic E-state index is 12.5. The maximum Gasteiger partial charge on any atom is 0.293 e. The molecule has 134 valence electrons. The summed E-state index contributed by atoms with van der Waals surface area (Å²) in [6.45, 7) is 4.95. The van der Waals surface area contributed by atoms with Gasteiger partial charge in [0.05, 0.1) is 4.92 Å². The van der Waals surface area contributed by atoms with Crippen molar-refractivity contribution >= 4 is 23.2 Å². The normalized spacial score (nSPS) is 13.5. The molecular weight excluding hydrogens is 336 g/mol. The molecule has 0 unspecified atom stereocenters. The molecule has 1 aliphatic heterocycles. The zero-order chi connectivity index (χ0) is 18.8. The Balaban J connectivity index is 1.91. The molecule has 1 amide bonds. The van der Waals surface area contributed by atoms with Crippen LogP contribution in [0.1, 0.15) is 40.1 Å². The van der Waals surface area contributed by atoms with E-state index in [1.54, 1.807) is 26.0 Å². The van der Waals surface area contributed by atoms with Crippen molar-refractivity contribution in [2.45, 2.75) is 26.7 Å². The maximum absolute atomic E-state index is 12.5. The van der Waals surface area contributed by atoms with Gasteiger partial charge in [-0.3, -0.25) is 20.2 Å². The number of carbonyl (C=O) groups is 1. The van der Waals surface area contributed by atoms with Gasteiger partial charge in [-0.2, -0.15) is 5.26 Å². The molecule has 3 rings (SSSR count). The van der Waals surface area contributed by atoms with Gasteiger partial charge >= 0.3 is 0 Å². The minimum Gasteiger partial charge on any atom is -0.444 e. The van der Waals surface area contributed by atoms with Gasteiger partial charge in [0.1, 0.15) is 23.1 Å². The zero-order valence-electron chi connectivity index (χ0n) is 14.5. The molecule has 0 aliphatic carbocycles. The number of rotatable bonds is 4. The monoisotopic (exact) mass is 354 g/mol. The van der Waals surface area contributed by atoms with Gasteiger partial charge in [-0.25, -0.2) is 0 Å². The molecule has 0 saturated carbocycles. The van der Waals surface area contributed by atoms with Crippen molar-refractivity contribution in [1.29, 1.82) is 5.26 Å². The van der Waals surface area contributed by atoms with Crippen LogP contribution in [0.5, 0.6) is 0 Å². The second kappa shape index (κ2) is 6.88. The second-order valence-corrected chi connectivity index (χ2v) is 6.21. The smallest absolute Gasteiger partial charge is 0.293 e. The van der Waals surface area contributed by atoms with Gasteiger partial charge in [0.25, 0.3) is 11.6 Å². The standard InChI is InChI=1S/C18H18N4O4/c1-11-12(2)26-18(14(11)10-19)20-17(23)13-5-6-15(16(9-13)22(24)25)21-7-3-4-8-21/h5-6,9H,3-4,7-8H2,1-2H3,(H,20,23). The molecule has 2 heterocycles. The quantitative estimate of drug-likeness (QED) is 0.664. The van der Waals surface area contributed by atoms with Crippen LogP contribution in [0.15, 0.2) is 22.6 Å². The lowest BCUT2D eigenvalue weighted by atomic mass is 10.1. The van der Waals surface area contributed by atoms with Gasteiger partial charge in [0.15, 0.2) is 0 Å².